The highest BCUT2D eigenvalue weighted by atomic mass is 35.5. The molecule has 5 nitrogen and oxygen atoms in total. The van der Waals surface area contributed by atoms with E-state index >= 15 is 0 Å². The zero-order valence-corrected chi connectivity index (χ0v) is 15.8. The van der Waals surface area contributed by atoms with E-state index in [-0.39, 0.29) is 5.91 Å². The highest BCUT2D eigenvalue weighted by Crippen LogP contribution is 2.36. The van der Waals surface area contributed by atoms with Gasteiger partial charge in [-0.15, -0.1) is 0 Å². The Labute approximate surface area is 158 Å². The van der Waals surface area contributed by atoms with Gasteiger partial charge in [-0.3, -0.25) is 4.79 Å². The molecular formula is C20H23ClN2O3. The molecule has 1 aliphatic heterocycles. The number of carbonyl (C=O) groups excluding carboxylic acids is 1. The third-order valence-corrected chi connectivity index (χ3v) is 4.83. The van der Waals surface area contributed by atoms with Crippen LogP contribution in [0.5, 0.6) is 11.5 Å². The fraction of sp³-hybridized carbons (Fsp3) is 0.350. The number of benzene rings is 2. The largest absolute Gasteiger partial charge is 0.497 e. The molecule has 2 aromatic carbocycles. The third-order valence-electron chi connectivity index (χ3n) is 4.52. The number of anilines is 2. The van der Waals surface area contributed by atoms with Crippen LogP contribution in [0.1, 0.15) is 29.6 Å². The van der Waals surface area contributed by atoms with E-state index in [1.807, 2.05) is 18.2 Å². The molecule has 0 aliphatic carbocycles. The minimum absolute atomic E-state index is 0.234. The quantitative estimate of drug-likeness (QED) is 0.830. The maximum absolute atomic E-state index is 12.8. The molecular weight excluding hydrogens is 352 g/mol. The smallest absolute Gasteiger partial charge is 0.255 e. The van der Waals surface area contributed by atoms with E-state index in [1.54, 1.807) is 32.4 Å². The number of hydrogen-bond donors (Lipinski definition) is 1. The molecule has 1 amide bonds. The summed E-state index contributed by atoms with van der Waals surface area (Å²) in [5, 5.41) is 3.64. The molecule has 2 aromatic rings. The average Bonchev–Trinajstić information content (AvgIpc) is 2.68. The van der Waals surface area contributed by atoms with Crippen LogP contribution in [0.2, 0.25) is 5.02 Å². The zero-order valence-electron chi connectivity index (χ0n) is 15.0. The van der Waals surface area contributed by atoms with Gasteiger partial charge in [-0.25, -0.2) is 0 Å². The zero-order chi connectivity index (χ0) is 18.5. The summed E-state index contributed by atoms with van der Waals surface area (Å²) in [4.78, 5) is 15.1. The van der Waals surface area contributed by atoms with Gasteiger partial charge in [-0.1, -0.05) is 17.7 Å². The van der Waals surface area contributed by atoms with Crippen molar-refractivity contribution in [2.24, 2.45) is 0 Å². The maximum Gasteiger partial charge on any atom is 0.255 e. The Morgan fingerprint density at radius 3 is 2.31 bits per heavy atom. The number of hydrogen-bond acceptors (Lipinski definition) is 4. The van der Waals surface area contributed by atoms with Crippen LogP contribution in [-0.2, 0) is 0 Å². The number of amides is 1. The Morgan fingerprint density at radius 1 is 1.04 bits per heavy atom. The van der Waals surface area contributed by atoms with E-state index in [4.69, 9.17) is 21.1 Å². The summed E-state index contributed by atoms with van der Waals surface area (Å²) in [5.74, 6) is 0.899. The molecule has 1 saturated heterocycles. The van der Waals surface area contributed by atoms with Crippen molar-refractivity contribution in [2.45, 2.75) is 19.3 Å². The highest BCUT2D eigenvalue weighted by molar-refractivity contribution is 6.34. The lowest BCUT2D eigenvalue weighted by molar-refractivity contribution is 0.102. The first-order valence-corrected chi connectivity index (χ1v) is 9.08. The van der Waals surface area contributed by atoms with Gasteiger partial charge in [0.1, 0.15) is 11.5 Å². The number of nitrogens with zero attached hydrogens (tertiary/aromatic N) is 1. The van der Waals surface area contributed by atoms with Crippen LogP contribution in [0.25, 0.3) is 0 Å². The van der Waals surface area contributed by atoms with Crippen molar-refractivity contribution in [3.8, 4) is 11.5 Å². The molecule has 1 heterocycles. The Morgan fingerprint density at radius 2 is 1.69 bits per heavy atom. The topological polar surface area (TPSA) is 50.8 Å². The standard InChI is InChI=1S/C20H23ClN2O3/c1-25-15-11-14(12-16(13-15)26-2)20(24)22-18-8-6-7-17(21)19(18)23-9-4-3-5-10-23/h6-8,11-13H,3-5,9-10H2,1-2H3,(H,22,24). The Bertz CT molecular complexity index is 766. The number of halogens is 1. The summed E-state index contributed by atoms with van der Waals surface area (Å²) >= 11 is 6.45. The summed E-state index contributed by atoms with van der Waals surface area (Å²) in [6.07, 6.45) is 3.49. The van der Waals surface area contributed by atoms with Crippen LogP contribution >= 0.6 is 11.6 Å². The number of rotatable bonds is 5. The van der Waals surface area contributed by atoms with Crippen molar-refractivity contribution in [1.29, 1.82) is 0 Å². The molecule has 0 atom stereocenters. The second kappa shape index (κ2) is 8.32. The van der Waals surface area contributed by atoms with Crippen molar-refractivity contribution in [1.82, 2.24) is 0 Å². The molecule has 138 valence electrons. The van der Waals surface area contributed by atoms with E-state index < -0.39 is 0 Å². The molecule has 6 heteroatoms. The predicted molar refractivity (Wildman–Crippen MR) is 105 cm³/mol. The van der Waals surface area contributed by atoms with E-state index in [9.17, 15) is 4.79 Å². The van der Waals surface area contributed by atoms with Crippen molar-refractivity contribution in [3.05, 3.63) is 47.0 Å². The molecule has 0 unspecified atom stereocenters. The summed E-state index contributed by atoms with van der Waals surface area (Å²) in [6, 6.07) is 10.7. The van der Waals surface area contributed by atoms with Gasteiger partial charge in [0.15, 0.2) is 0 Å². The number of nitrogens with one attached hydrogen (secondary N) is 1. The van der Waals surface area contributed by atoms with Crippen molar-refractivity contribution in [2.75, 3.05) is 37.5 Å². The summed E-state index contributed by atoms with van der Waals surface area (Å²) in [7, 11) is 3.11. The number of methoxy groups -OCH3 is 2. The fourth-order valence-corrected chi connectivity index (χ4v) is 3.48. The normalized spacial score (nSPS) is 14.0. The van der Waals surface area contributed by atoms with E-state index in [1.165, 1.54) is 6.42 Å². The van der Waals surface area contributed by atoms with Crippen molar-refractivity contribution < 1.29 is 14.3 Å². The molecule has 1 N–H and O–H groups in total. The van der Waals surface area contributed by atoms with Crippen LogP contribution in [0.4, 0.5) is 11.4 Å². The SMILES string of the molecule is COc1cc(OC)cc(C(=O)Nc2cccc(Cl)c2N2CCCCC2)c1. The average molecular weight is 375 g/mol. The van der Waals surface area contributed by atoms with Crippen LogP contribution in [0, 0.1) is 0 Å². The van der Waals surface area contributed by atoms with Gasteiger partial charge in [-0.2, -0.15) is 0 Å². The lowest BCUT2D eigenvalue weighted by Gasteiger charge is -2.31. The van der Waals surface area contributed by atoms with Crippen LogP contribution in [-0.4, -0.2) is 33.2 Å². The lowest BCUT2D eigenvalue weighted by atomic mass is 10.1. The summed E-state index contributed by atoms with van der Waals surface area (Å²) in [6.45, 7) is 1.89. The summed E-state index contributed by atoms with van der Waals surface area (Å²) in [5.41, 5.74) is 2.06. The van der Waals surface area contributed by atoms with Crippen LogP contribution < -0.4 is 19.7 Å². The van der Waals surface area contributed by atoms with Gasteiger partial charge in [0.25, 0.3) is 5.91 Å². The lowest BCUT2D eigenvalue weighted by Crippen LogP contribution is -2.30. The number of piperidine rings is 1. The fourth-order valence-electron chi connectivity index (χ4n) is 3.19. The first kappa shape index (κ1) is 18.4. The van der Waals surface area contributed by atoms with E-state index in [0.29, 0.717) is 27.8 Å². The van der Waals surface area contributed by atoms with Gasteiger partial charge < -0.3 is 19.7 Å². The Balaban J connectivity index is 1.89. The van der Waals surface area contributed by atoms with Crippen LogP contribution in [0.3, 0.4) is 0 Å². The molecule has 1 fully saturated rings. The molecule has 0 radical (unpaired) electrons. The molecule has 1 aliphatic rings. The minimum atomic E-state index is -0.234. The first-order valence-electron chi connectivity index (χ1n) is 8.70. The molecule has 0 bridgehead atoms. The van der Waals surface area contributed by atoms with Gasteiger partial charge in [0.2, 0.25) is 0 Å². The van der Waals surface area contributed by atoms with E-state index in [2.05, 4.69) is 10.2 Å². The molecule has 0 aromatic heterocycles. The second-order valence-electron chi connectivity index (χ2n) is 6.24. The summed E-state index contributed by atoms with van der Waals surface area (Å²) < 4.78 is 10.5. The third kappa shape index (κ3) is 4.05. The second-order valence-corrected chi connectivity index (χ2v) is 6.65. The molecule has 3 rings (SSSR count). The number of carbonyl (C=O) groups is 1. The maximum atomic E-state index is 12.8. The number of ether oxygens (including phenoxy) is 2. The number of para-hydroxylation sites is 1. The van der Waals surface area contributed by atoms with Gasteiger partial charge in [0, 0.05) is 24.7 Å². The molecule has 26 heavy (non-hydrogen) atoms. The Kier molecular flexibility index (Phi) is 5.89. The first-order chi connectivity index (χ1) is 12.6. The van der Waals surface area contributed by atoms with Crippen molar-refractivity contribution in [3.63, 3.8) is 0 Å². The highest BCUT2D eigenvalue weighted by Gasteiger charge is 2.19. The van der Waals surface area contributed by atoms with Crippen molar-refractivity contribution >= 4 is 28.9 Å². The van der Waals surface area contributed by atoms with Crippen LogP contribution in [0.15, 0.2) is 36.4 Å². The van der Waals surface area contributed by atoms with Gasteiger partial charge in [0.05, 0.1) is 30.6 Å². The van der Waals surface area contributed by atoms with E-state index in [0.717, 1.165) is 31.6 Å². The minimum Gasteiger partial charge on any atom is -0.497 e. The monoisotopic (exact) mass is 374 g/mol. The predicted octanol–water partition coefficient (Wildman–Crippen LogP) is 4.60. The molecule has 0 spiro atoms. The molecule has 0 saturated carbocycles. The Hall–Kier alpha value is -2.40. The van der Waals surface area contributed by atoms with Gasteiger partial charge in [-0.05, 0) is 43.5 Å². The van der Waals surface area contributed by atoms with Gasteiger partial charge >= 0.3 is 0 Å².